The van der Waals surface area contributed by atoms with E-state index in [0.29, 0.717) is 18.4 Å². The van der Waals surface area contributed by atoms with E-state index in [1.165, 1.54) is 0 Å². The van der Waals surface area contributed by atoms with Crippen LogP contribution in [0.4, 0.5) is 13.2 Å². The number of rotatable bonds is 4. The molecule has 1 aromatic heterocycles. The Kier molecular flexibility index (Phi) is 5.16. The fourth-order valence-electron chi connectivity index (χ4n) is 3.02. The largest absolute Gasteiger partial charge is 0.453 e. The minimum atomic E-state index is -4.23. The quantitative estimate of drug-likeness (QED) is 0.895. The van der Waals surface area contributed by atoms with Crippen LogP contribution in [-0.4, -0.2) is 23.2 Å². The maximum atomic E-state index is 12.6. The molecule has 0 radical (unpaired) electrons. The summed E-state index contributed by atoms with van der Waals surface area (Å²) in [6, 6.07) is 1.05. The van der Waals surface area contributed by atoms with Crippen LogP contribution in [0, 0.1) is 12.8 Å². The van der Waals surface area contributed by atoms with Gasteiger partial charge < -0.3 is 14.8 Å². The predicted octanol–water partition coefficient (Wildman–Crippen LogP) is 3.32. The lowest BCUT2D eigenvalue weighted by atomic mass is 9.82. The molecule has 0 aliphatic heterocycles. The van der Waals surface area contributed by atoms with Crippen molar-refractivity contribution in [1.82, 2.24) is 5.32 Å². The number of amides is 1. The van der Waals surface area contributed by atoms with Crippen LogP contribution >= 0.6 is 0 Å². The fourth-order valence-corrected chi connectivity index (χ4v) is 3.02. The van der Waals surface area contributed by atoms with Gasteiger partial charge in [0.05, 0.1) is 0 Å². The highest BCUT2D eigenvalue weighted by Crippen LogP contribution is 2.34. The van der Waals surface area contributed by atoms with Crippen molar-refractivity contribution in [3.63, 3.8) is 0 Å². The highest BCUT2D eigenvalue weighted by atomic mass is 19.4. The van der Waals surface area contributed by atoms with Crippen molar-refractivity contribution in [1.29, 1.82) is 0 Å². The molecule has 0 aromatic carbocycles. The van der Waals surface area contributed by atoms with Gasteiger partial charge in [-0.15, -0.1) is 0 Å². The Labute approximate surface area is 126 Å². The third-order valence-corrected chi connectivity index (χ3v) is 4.05. The van der Waals surface area contributed by atoms with Crippen molar-refractivity contribution in [3.05, 3.63) is 23.2 Å². The molecule has 2 rings (SSSR count). The van der Waals surface area contributed by atoms with Gasteiger partial charge in [-0.3, -0.25) is 4.79 Å². The number of aryl methyl sites for hydroxylation is 1. The van der Waals surface area contributed by atoms with Crippen molar-refractivity contribution in [2.24, 2.45) is 5.92 Å². The van der Waals surface area contributed by atoms with Crippen LogP contribution in [0.3, 0.4) is 0 Å². The van der Waals surface area contributed by atoms with Gasteiger partial charge in [0.15, 0.2) is 5.76 Å². The first kappa shape index (κ1) is 16.9. The summed E-state index contributed by atoms with van der Waals surface area (Å²) in [5.41, 5.74) is 0.560. The van der Waals surface area contributed by atoms with Crippen LogP contribution in [0.5, 0.6) is 0 Å². The molecule has 2 atom stereocenters. The van der Waals surface area contributed by atoms with Gasteiger partial charge in [-0.1, -0.05) is 12.8 Å². The van der Waals surface area contributed by atoms with Crippen molar-refractivity contribution in [2.45, 2.75) is 57.9 Å². The summed E-state index contributed by atoms with van der Waals surface area (Å²) in [4.78, 5) is 12.2. The zero-order valence-corrected chi connectivity index (χ0v) is 12.4. The van der Waals surface area contributed by atoms with Gasteiger partial charge in [-0.2, -0.15) is 13.2 Å². The van der Waals surface area contributed by atoms with Gasteiger partial charge in [-0.05, 0) is 31.7 Å². The molecule has 1 fully saturated rings. The molecule has 0 unspecified atom stereocenters. The zero-order valence-electron chi connectivity index (χ0n) is 12.4. The number of nitrogens with one attached hydrogen (secondary N) is 1. The first-order valence-corrected chi connectivity index (χ1v) is 7.38. The number of carbonyl (C=O) groups excluding carboxylic acids is 1. The van der Waals surface area contributed by atoms with Gasteiger partial charge >= 0.3 is 6.18 Å². The molecular formula is C15H20F3NO3. The third kappa shape index (κ3) is 4.25. The van der Waals surface area contributed by atoms with E-state index in [2.05, 4.69) is 5.32 Å². The molecule has 0 bridgehead atoms. The number of hydrogen-bond donors (Lipinski definition) is 2. The summed E-state index contributed by atoms with van der Waals surface area (Å²) in [5.74, 6) is -0.792. The molecule has 0 saturated heterocycles. The van der Waals surface area contributed by atoms with Crippen LogP contribution in [-0.2, 0) is 6.61 Å². The van der Waals surface area contributed by atoms with Crippen molar-refractivity contribution in [2.75, 3.05) is 0 Å². The van der Waals surface area contributed by atoms with E-state index in [0.717, 1.165) is 12.8 Å². The van der Waals surface area contributed by atoms with E-state index >= 15 is 0 Å². The first-order valence-electron chi connectivity index (χ1n) is 7.38. The SMILES string of the molecule is Cc1cc(CO)oc1C(=O)N[C@H]1CCCC[C@H]1CC(F)(F)F. The zero-order chi connectivity index (χ0) is 16.3. The normalized spacial score (nSPS) is 22.6. The van der Waals surface area contributed by atoms with Crippen LogP contribution in [0.1, 0.15) is 54.0 Å². The Bertz CT molecular complexity index is 525. The molecule has 22 heavy (non-hydrogen) atoms. The van der Waals surface area contributed by atoms with Crippen molar-refractivity contribution in [3.8, 4) is 0 Å². The van der Waals surface area contributed by atoms with Gasteiger partial charge in [0, 0.05) is 18.0 Å². The number of furan rings is 1. The molecule has 1 saturated carbocycles. The van der Waals surface area contributed by atoms with Crippen molar-refractivity contribution < 1.29 is 27.5 Å². The average Bonchev–Trinajstić information content (AvgIpc) is 2.81. The van der Waals surface area contributed by atoms with E-state index in [1.807, 2.05) is 0 Å². The molecule has 1 amide bonds. The maximum absolute atomic E-state index is 12.6. The molecule has 1 aliphatic rings. The summed E-state index contributed by atoms with van der Waals surface area (Å²) in [6.45, 7) is 1.33. The summed E-state index contributed by atoms with van der Waals surface area (Å²) in [5, 5.41) is 11.7. The number of carbonyl (C=O) groups is 1. The van der Waals surface area contributed by atoms with Crippen LogP contribution in [0.15, 0.2) is 10.5 Å². The van der Waals surface area contributed by atoms with E-state index in [1.54, 1.807) is 13.0 Å². The van der Waals surface area contributed by atoms with Crippen LogP contribution in [0.25, 0.3) is 0 Å². The smallest absolute Gasteiger partial charge is 0.389 e. The van der Waals surface area contributed by atoms with Gasteiger partial charge in [0.1, 0.15) is 12.4 Å². The molecular weight excluding hydrogens is 299 g/mol. The predicted molar refractivity (Wildman–Crippen MR) is 73.3 cm³/mol. The Morgan fingerprint density at radius 3 is 2.68 bits per heavy atom. The van der Waals surface area contributed by atoms with E-state index in [4.69, 9.17) is 9.52 Å². The minimum absolute atomic E-state index is 0.0559. The number of halogens is 3. The topological polar surface area (TPSA) is 62.5 Å². The summed E-state index contributed by atoms with van der Waals surface area (Å²) in [7, 11) is 0. The monoisotopic (exact) mass is 319 g/mol. The van der Waals surface area contributed by atoms with Crippen molar-refractivity contribution >= 4 is 5.91 Å². The Balaban J connectivity index is 2.06. The highest BCUT2D eigenvalue weighted by molar-refractivity contribution is 5.93. The summed E-state index contributed by atoms with van der Waals surface area (Å²) < 4.78 is 43.1. The lowest BCUT2D eigenvalue weighted by Gasteiger charge is -2.32. The van der Waals surface area contributed by atoms with E-state index in [-0.39, 0.29) is 18.1 Å². The molecule has 4 nitrogen and oxygen atoms in total. The molecule has 124 valence electrons. The standard InChI is InChI=1S/C15H20F3NO3/c1-9-6-11(8-20)22-13(9)14(21)19-12-5-3-2-4-10(12)7-15(16,17)18/h6,10,12,20H,2-5,7-8H2,1H3,(H,19,21)/t10-,12-/m0/s1. The fraction of sp³-hybridized carbons (Fsp3) is 0.667. The number of aliphatic hydroxyl groups excluding tert-OH is 1. The van der Waals surface area contributed by atoms with Gasteiger partial charge in [0.25, 0.3) is 5.91 Å². The molecule has 1 aliphatic carbocycles. The first-order chi connectivity index (χ1) is 10.3. The van der Waals surface area contributed by atoms with E-state index in [9.17, 15) is 18.0 Å². The Hall–Kier alpha value is -1.50. The lowest BCUT2D eigenvalue weighted by Crippen LogP contribution is -2.43. The Morgan fingerprint density at radius 2 is 2.09 bits per heavy atom. The average molecular weight is 319 g/mol. The molecule has 1 heterocycles. The minimum Gasteiger partial charge on any atom is -0.453 e. The molecule has 0 spiro atoms. The molecule has 7 heteroatoms. The van der Waals surface area contributed by atoms with E-state index < -0.39 is 30.5 Å². The maximum Gasteiger partial charge on any atom is 0.389 e. The summed E-state index contributed by atoms with van der Waals surface area (Å²) in [6.07, 6.45) is -2.55. The van der Waals surface area contributed by atoms with Gasteiger partial charge in [-0.25, -0.2) is 0 Å². The molecule has 1 aromatic rings. The van der Waals surface area contributed by atoms with Crippen LogP contribution in [0.2, 0.25) is 0 Å². The number of alkyl halides is 3. The highest BCUT2D eigenvalue weighted by Gasteiger charge is 2.37. The second kappa shape index (κ2) is 6.73. The lowest BCUT2D eigenvalue weighted by molar-refractivity contribution is -0.148. The second-order valence-electron chi connectivity index (χ2n) is 5.83. The van der Waals surface area contributed by atoms with Crippen LogP contribution < -0.4 is 5.32 Å². The Morgan fingerprint density at radius 1 is 1.41 bits per heavy atom. The summed E-state index contributed by atoms with van der Waals surface area (Å²) >= 11 is 0. The molecule has 2 N–H and O–H groups in total. The number of aliphatic hydroxyl groups is 1. The van der Waals surface area contributed by atoms with Gasteiger partial charge in [0.2, 0.25) is 0 Å². The second-order valence-corrected chi connectivity index (χ2v) is 5.83. The third-order valence-electron chi connectivity index (χ3n) is 4.05. The number of hydrogen-bond acceptors (Lipinski definition) is 3.